The van der Waals surface area contributed by atoms with Crippen molar-refractivity contribution in [3.8, 4) is 11.5 Å². The second-order valence-electron chi connectivity index (χ2n) is 8.30. The van der Waals surface area contributed by atoms with E-state index in [9.17, 15) is 14.0 Å². The first-order valence-electron chi connectivity index (χ1n) is 12.1. The minimum Gasteiger partial charge on any atom is -0.494 e. The lowest BCUT2D eigenvalue weighted by molar-refractivity contribution is 0.0734. The van der Waals surface area contributed by atoms with Gasteiger partial charge in [-0.1, -0.05) is 57.2 Å². The molecule has 0 radical (unpaired) electrons. The molecule has 0 amide bonds. The number of ether oxygens (including phenoxy) is 2. The third-order valence-corrected chi connectivity index (χ3v) is 5.50. The van der Waals surface area contributed by atoms with Gasteiger partial charge in [0.25, 0.3) is 0 Å². The Morgan fingerprint density at radius 2 is 1.34 bits per heavy atom. The first-order chi connectivity index (χ1) is 17.0. The summed E-state index contributed by atoms with van der Waals surface area (Å²) in [5, 5.41) is 0. The Bertz CT molecular complexity index is 1100. The number of carbonyl (C=O) groups is 2. The highest BCUT2D eigenvalue weighted by atomic mass is 19.1. The Hall–Kier alpha value is -3.73. The molecule has 0 aliphatic heterocycles. The van der Waals surface area contributed by atoms with E-state index < -0.39 is 5.97 Å². The molecule has 0 heterocycles. The fraction of sp³-hybridized carbons (Fsp3) is 0.267. The number of esters is 1. The second kappa shape index (κ2) is 13.9. The average molecular weight is 475 g/mol. The van der Waals surface area contributed by atoms with Crippen molar-refractivity contribution in [1.29, 1.82) is 0 Å². The fourth-order valence-corrected chi connectivity index (χ4v) is 3.45. The summed E-state index contributed by atoms with van der Waals surface area (Å²) >= 11 is 0. The van der Waals surface area contributed by atoms with Crippen LogP contribution in [0.5, 0.6) is 11.5 Å². The van der Waals surface area contributed by atoms with Crippen molar-refractivity contribution < 1.29 is 23.5 Å². The Morgan fingerprint density at radius 1 is 0.743 bits per heavy atom. The Balaban J connectivity index is 1.44. The highest BCUT2D eigenvalue weighted by Crippen LogP contribution is 2.18. The Morgan fingerprint density at radius 3 is 2.03 bits per heavy atom. The third kappa shape index (κ3) is 8.85. The number of hydrogen-bond donors (Lipinski definition) is 0. The van der Waals surface area contributed by atoms with Crippen LogP contribution in [0, 0.1) is 5.82 Å². The van der Waals surface area contributed by atoms with Gasteiger partial charge in [-0.2, -0.15) is 0 Å². The van der Waals surface area contributed by atoms with Crippen LogP contribution < -0.4 is 9.47 Å². The highest BCUT2D eigenvalue weighted by Gasteiger charge is 2.09. The van der Waals surface area contributed by atoms with Crippen molar-refractivity contribution in [3.05, 3.63) is 101 Å². The number of benzene rings is 3. The average Bonchev–Trinajstić information content (AvgIpc) is 2.88. The number of halogens is 1. The molecule has 35 heavy (non-hydrogen) atoms. The molecule has 0 aliphatic carbocycles. The molecule has 0 aliphatic rings. The van der Waals surface area contributed by atoms with Gasteiger partial charge in [0.1, 0.15) is 17.3 Å². The molecule has 3 rings (SSSR count). The van der Waals surface area contributed by atoms with Crippen molar-refractivity contribution in [1.82, 2.24) is 0 Å². The molecule has 0 unspecified atom stereocenters. The van der Waals surface area contributed by atoms with E-state index in [1.165, 1.54) is 62.4 Å². The van der Waals surface area contributed by atoms with E-state index in [2.05, 4.69) is 6.92 Å². The molecular weight excluding hydrogens is 443 g/mol. The predicted molar refractivity (Wildman–Crippen MR) is 136 cm³/mol. The van der Waals surface area contributed by atoms with Gasteiger partial charge in [-0.3, -0.25) is 4.79 Å². The maximum atomic E-state index is 13.0. The standard InChI is InChI=1S/C30H31FO4/c1-2-3-4-5-6-7-22-34-27-19-13-25(14-20-27)30(33)35-28-17-8-23(9-18-28)10-21-29(32)24-11-15-26(31)16-12-24/h8-21H,2-7,22H2,1H3/b21-10+. The summed E-state index contributed by atoms with van der Waals surface area (Å²) in [5.74, 6) is 0.0763. The van der Waals surface area contributed by atoms with Crippen molar-refractivity contribution in [3.63, 3.8) is 0 Å². The molecule has 5 heteroatoms. The largest absolute Gasteiger partial charge is 0.494 e. The van der Waals surface area contributed by atoms with E-state index in [-0.39, 0.29) is 11.6 Å². The number of unbranched alkanes of at least 4 members (excludes halogenated alkanes) is 5. The molecule has 4 nitrogen and oxygen atoms in total. The Labute approximate surface area is 206 Å². The lowest BCUT2D eigenvalue weighted by Crippen LogP contribution is -2.08. The van der Waals surface area contributed by atoms with Gasteiger partial charge in [-0.25, -0.2) is 9.18 Å². The molecule has 0 aromatic heterocycles. The van der Waals surface area contributed by atoms with Crippen LogP contribution in [0.15, 0.2) is 78.9 Å². The van der Waals surface area contributed by atoms with E-state index in [1.807, 2.05) is 0 Å². The van der Waals surface area contributed by atoms with Crippen molar-refractivity contribution >= 4 is 17.8 Å². The summed E-state index contributed by atoms with van der Waals surface area (Å²) in [7, 11) is 0. The van der Waals surface area contributed by atoms with Crippen LogP contribution in [0.25, 0.3) is 6.08 Å². The SMILES string of the molecule is CCCCCCCCOc1ccc(C(=O)Oc2ccc(/C=C/C(=O)c3ccc(F)cc3)cc2)cc1. The predicted octanol–water partition coefficient (Wildman–Crippen LogP) is 7.68. The number of carbonyl (C=O) groups excluding carboxylic acids is 2. The van der Waals surface area contributed by atoms with Crippen LogP contribution in [0.2, 0.25) is 0 Å². The maximum Gasteiger partial charge on any atom is 0.343 e. The van der Waals surface area contributed by atoms with Gasteiger partial charge in [0, 0.05) is 5.56 Å². The Kier molecular flexibility index (Phi) is 10.2. The summed E-state index contributed by atoms with van der Waals surface area (Å²) in [6.07, 6.45) is 10.3. The summed E-state index contributed by atoms with van der Waals surface area (Å²) in [6, 6.07) is 19.1. The van der Waals surface area contributed by atoms with Crippen LogP contribution in [0.1, 0.15) is 71.7 Å². The first-order valence-corrected chi connectivity index (χ1v) is 12.1. The molecule has 182 valence electrons. The summed E-state index contributed by atoms with van der Waals surface area (Å²) in [5.41, 5.74) is 1.62. The zero-order valence-electron chi connectivity index (χ0n) is 20.0. The molecular formula is C30H31FO4. The lowest BCUT2D eigenvalue weighted by atomic mass is 10.1. The van der Waals surface area contributed by atoms with Crippen LogP contribution in [-0.2, 0) is 0 Å². The molecule has 0 fully saturated rings. The molecule has 3 aromatic carbocycles. The van der Waals surface area contributed by atoms with Gasteiger partial charge in [0.15, 0.2) is 5.78 Å². The van der Waals surface area contributed by atoms with E-state index in [1.54, 1.807) is 54.6 Å². The lowest BCUT2D eigenvalue weighted by Gasteiger charge is -2.08. The fourth-order valence-electron chi connectivity index (χ4n) is 3.45. The topological polar surface area (TPSA) is 52.6 Å². The second-order valence-corrected chi connectivity index (χ2v) is 8.30. The first kappa shape index (κ1) is 25.9. The molecule has 0 saturated carbocycles. The van der Waals surface area contributed by atoms with Gasteiger partial charge < -0.3 is 9.47 Å². The molecule has 0 bridgehead atoms. The highest BCUT2D eigenvalue weighted by molar-refractivity contribution is 6.06. The van der Waals surface area contributed by atoms with Crippen LogP contribution in [0.4, 0.5) is 4.39 Å². The minimum absolute atomic E-state index is 0.222. The van der Waals surface area contributed by atoms with E-state index >= 15 is 0 Å². The summed E-state index contributed by atoms with van der Waals surface area (Å²) < 4.78 is 24.2. The third-order valence-electron chi connectivity index (χ3n) is 5.50. The number of hydrogen-bond acceptors (Lipinski definition) is 4. The van der Waals surface area contributed by atoms with Crippen LogP contribution in [-0.4, -0.2) is 18.4 Å². The molecule has 0 N–H and O–H groups in total. The normalized spacial score (nSPS) is 10.9. The van der Waals surface area contributed by atoms with Crippen molar-refractivity contribution in [2.45, 2.75) is 45.4 Å². The summed E-state index contributed by atoms with van der Waals surface area (Å²) in [4.78, 5) is 24.6. The molecule has 0 saturated heterocycles. The summed E-state index contributed by atoms with van der Waals surface area (Å²) in [6.45, 7) is 2.88. The maximum absolute atomic E-state index is 13.0. The zero-order valence-corrected chi connectivity index (χ0v) is 20.0. The van der Waals surface area contributed by atoms with Gasteiger partial charge in [0.05, 0.1) is 12.2 Å². The van der Waals surface area contributed by atoms with Crippen molar-refractivity contribution in [2.24, 2.45) is 0 Å². The molecule has 3 aromatic rings. The monoisotopic (exact) mass is 474 g/mol. The van der Waals surface area contributed by atoms with Gasteiger partial charge >= 0.3 is 5.97 Å². The van der Waals surface area contributed by atoms with E-state index in [4.69, 9.17) is 9.47 Å². The molecule has 0 atom stereocenters. The van der Waals surface area contributed by atoms with Gasteiger partial charge in [0.2, 0.25) is 0 Å². The van der Waals surface area contributed by atoms with Crippen LogP contribution in [0.3, 0.4) is 0 Å². The zero-order chi connectivity index (χ0) is 24.9. The van der Waals surface area contributed by atoms with Crippen LogP contribution >= 0.6 is 0 Å². The van der Waals surface area contributed by atoms with E-state index in [0.29, 0.717) is 23.5 Å². The van der Waals surface area contributed by atoms with E-state index in [0.717, 1.165) is 17.7 Å². The quantitative estimate of drug-likeness (QED) is 0.0838. The van der Waals surface area contributed by atoms with Crippen molar-refractivity contribution in [2.75, 3.05) is 6.61 Å². The minimum atomic E-state index is -0.456. The smallest absolute Gasteiger partial charge is 0.343 e. The number of allylic oxidation sites excluding steroid dienone is 1. The number of rotatable bonds is 13. The van der Waals surface area contributed by atoms with Gasteiger partial charge in [-0.15, -0.1) is 0 Å². The number of ketones is 1. The van der Waals surface area contributed by atoms with Gasteiger partial charge in [-0.05, 0) is 78.7 Å². The molecule has 0 spiro atoms.